The highest BCUT2D eigenvalue weighted by atomic mass is 19.4. The summed E-state index contributed by atoms with van der Waals surface area (Å²) in [6, 6.07) is 0. The van der Waals surface area contributed by atoms with Crippen LogP contribution in [0.4, 0.5) is 13.2 Å². The van der Waals surface area contributed by atoms with E-state index in [9.17, 15) is 13.2 Å². The number of hydrogen-bond donors (Lipinski definition) is 0. The highest BCUT2D eigenvalue weighted by Gasteiger charge is 2.32. The first-order chi connectivity index (χ1) is 5.93. The number of allylic oxidation sites excluding steroid dienone is 6. The molecule has 0 aromatic heterocycles. The largest absolute Gasteiger partial charge is 0.416 e. The lowest BCUT2D eigenvalue weighted by molar-refractivity contribution is -0.0886. The molecule has 0 amide bonds. The van der Waals surface area contributed by atoms with E-state index in [4.69, 9.17) is 0 Å². The lowest BCUT2D eigenvalue weighted by atomic mass is 10.1. The van der Waals surface area contributed by atoms with E-state index in [0.29, 0.717) is 0 Å². The maximum absolute atomic E-state index is 12.1. The van der Waals surface area contributed by atoms with Crippen molar-refractivity contribution >= 4 is 0 Å². The Bertz CT molecular complexity index is 254. The van der Waals surface area contributed by atoms with Crippen molar-refractivity contribution in [2.24, 2.45) is 0 Å². The van der Waals surface area contributed by atoms with Crippen LogP contribution in [-0.2, 0) is 0 Å². The van der Waals surface area contributed by atoms with Gasteiger partial charge in [0.2, 0.25) is 0 Å². The van der Waals surface area contributed by atoms with Gasteiger partial charge in [-0.15, -0.1) is 0 Å². The van der Waals surface area contributed by atoms with Crippen LogP contribution in [0.5, 0.6) is 0 Å². The smallest absolute Gasteiger partial charge is 0.166 e. The van der Waals surface area contributed by atoms with E-state index in [0.717, 1.165) is 0 Å². The quantitative estimate of drug-likeness (QED) is 0.591. The van der Waals surface area contributed by atoms with E-state index in [2.05, 4.69) is 13.2 Å². The van der Waals surface area contributed by atoms with Gasteiger partial charge in [0.05, 0.1) is 5.57 Å². The van der Waals surface area contributed by atoms with Crippen LogP contribution in [0.3, 0.4) is 0 Å². The van der Waals surface area contributed by atoms with Crippen LogP contribution in [0, 0.1) is 0 Å². The Morgan fingerprint density at radius 3 is 2.15 bits per heavy atom. The predicted octanol–water partition coefficient (Wildman–Crippen LogP) is 3.79. The topological polar surface area (TPSA) is 0 Å². The fourth-order valence-corrected chi connectivity index (χ4v) is 0.727. The second-order valence-corrected chi connectivity index (χ2v) is 2.33. The van der Waals surface area contributed by atoms with Crippen molar-refractivity contribution in [1.29, 1.82) is 0 Å². The normalized spacial score (nSPS) is 13.4. The summed E-state index contributed by atoms with van der Waals surface area (Å²) in [4.78, 5) is 0. The standard InChI is InChI=1S/C10H11F3/c1-4-6-9(7-5-2)8(3)10(11,12)13/h4-7H,1,3H2,2H3/b7-5-,9-6+. The Balaban J connectivity index is 4.88. The monoisotopic (exact) mass is 188 g/mol. The molecule has 72 valence electrons. The molecule has 0 atom stereocenters. The zero-order valence-electron chi connectivity index (χ0n) is 7.36. The summed E-state index contributed by atoms with van der Waals surface area (Å²) in [6.07, 6.45) is 1.06. The first-order valence-electron chi connectivity index (χ1n) is 3.65. The van der Waals surface area contributed by atoms with Gasteiger partial charge in [0.15, 0.2) is 0 Å². The van der Waals surface area contributed by atoms with Crippen molar-refractivity contribution in [3.63, 3.8) is 0 Å². The van der Waals surface area contributed by atoms with Crippen LogP contribution in [0.1, 0.15) is 6.92 Å². The molecule has 0 saturated heterocycles. The Hall–Kier alpha value is -1.25. The minimum absolute atomic E-state index is 0.0324. The lowest BCUT2D eigenvalue weighted by Gasteiger charge is -2.10. The molecule has 0 fully saturated rings. The molecule has 13 heavy (non-hydrogen) atoms. The molecule has 0 saturated carbocycles. The number of halogens is 3. The second kappa shape index (κ2) is 4.70. The van der Waals surface area contributed by atoms with Gasteiger partial charge < -0.3 is 0 Å². The molecule has 0 aliphatic heterocycles. The molecule has 0 unspecified atom stereocenters. The Morgan fingerprint density at radius 1 is 1.31 bits per heavy atom. The van der Waals surface area contributed by atoms with E-state index in [1.54, 1.807) is 6.92 Å². The first-order valence-corrected chi connectivity index (χ1v) is 3.65. The molecule has 0 spiro atoms. The van der Waals surface area contributed by atoms with Gasteiger partial charge in [0.25, 0.3) is 0 Å². The maximum atomic E-state index is 12.1. The molecule has 0 radical (unpaired) electrons. The highest BCUT2D eigenvalue weighted by Crippen LogP contribution is 2.30. The van der Waals surface area contributed by atoms with Crippen molar-refractivity contribution in [3.8, 4) is 0 Å². The highest BCUT2D eigenvalue weighted by molar-refractivity contribution is 5.42. The number of hydrogen-bond acceptors (Lipinski definition) is 0. The Morgan fingerprint density at radius 2 is 1.85 bits per heavy atom. The van der Waals surface area contributed by atoms with Crippen molar-refractivity contribution in [2.45, 2.75) is 13.1 Å². The van der Waals surface area contributed by atoms with Gasteiger partial charge in [-0.2, -0.15) is 13.2 Å². The van der Waals surface area contributed by atoms with E-state index >= 15 is 0 Å². The Kier molecular flexibility index (Phi) is 4.25. The molecule has 0 aliphatic carbocycles. The fraction of sp³-hybridized carbons (Fsp3) is 0.200. The molecule has 0 aromatic carbocycles. The molecule has 0 heterocycles. The van der Waals surface area contributed by atoms with Crippen molar-refractivity contribution < 1.29 is 13.2 Å². The van der Waals surface area contributed by atoms with Crippen LogP contribution in [-0.4, -0.2) is 6.18 Å². The summed E-state index contributed by atoms with van der Waals surface area (Å²) in [6.45, 7) is 7.94. The molecule has 0 bridgehead atoms. The average Bonchev–Trinajstić information content (AvgIpc) is 2.01. The van der Waals surface area contributed by atoms with Crippen molar-refractivity contribution in [1.82, 2.24) is 0 Å². The molecule has 3 heteroatoms. The molecule has 0 rings (SSSR count). The summed E-state index contributed by atoms with van der Waals surface area (Å²) < 4.78 is 36.4. The molecular weight excluding hydrogens is 177 g/mol. The third-order valence-corrected chi connectivity index (χ3v) is 1.33. The van der Waals surface area contributed by atoms with E-state index in [-0.39, 0.29) is 5.57 Å². The third-order valence-electron chi connectivity index (χ3n) is 1.33. The van der Waals surface area contributed by atoms with Gasteiger partial charge in [-0.3, -0.25) is 0 Å². The summed E-state index contributed by atoms with van der Waals surface area (Å²) in [5.74, 6) is 0. The zero-order chi connectivity index (χ0) is 10.5. The maximum Gasteiger partial charge on any atom is 0.416 e. The molecule has 0 nitrogen and oxygen atoms in total. The van der Waals surface area contributed by atoms with Crippen molar-refractivity contribution in [3.05, 3.63) is 48.6 Å². The van der Waals surface area contributed by atoms with Gasteiger partial charge in [-0.1, -0.05) is 37.5 Å². The average molecular weight is 188 g/mol. The van der Waals surface area contributed by atoms with Gasteiger partial charge in [-0.25, -0.2) is 0 Å². The summed E-state index contributed by atoms with van der Waals surface area (Å²) in [7, 11) is 0. The second-order valence-electron chi connectivity index (χ2n) is 2.33. The fourth-order valence-electron chi connectivity index (χ4n) is 0.727. The molecule has 0 aliphatic rings. The Labute approximate surface area is 75.8 Å². The number of rotatable bonds is 3. The molecular formula is C10H11F3. The van der Waals surface area contributed by atoms with Crippen LogP contribution in [0.25, 0.3) is 0 Å². The third kappa shape index (κ3) is 3.78. The van der Waals surface area contributed by atoms with Gasteiger partial charge >= 0.3 is 6.18 Å². The van der Waals surface area contributed by atoms with E-state index < -0.39 is 11.7 Å². The van der Waals surface area contributed by atoms with E-state index in [1.165, 1.54) is 24.3 Å². The van der Waals surface area contributed by atoms with Crippen LogP contribution in [0.15, 0.2) is 48.6 Å². The first kappa shape index (κ1) is 11.8. The van der Waals surface area contributed by atoms with Gasteiger partial charge in [0, 0.05) is 0 Å². The summed E-state index contributed by atoms with van der Waals surface area (Å²) in [5, 5.41) is 0. The predicted molar refractivity (Wildman–Crippen MR) is 48.3 cm³/mol. The zero-order valence-corrected chi connectivity index (χ0v) is 7.36. The van der Waals surface area contributed by atoms with Crippen LogP contribution >= 0.6 is 0 Å². The minimum Gasteiger partial charge on any atom is -0.166 e. The van der Waals surface area contributed by atoms with Crippen LogP contribution < -0.4 is 0 Å². The van der Waals surface area contributed by atoms with Crippen LogP contribution in [0.2, 0.25) is 0 Å². The summed E-state index contributed by atoms with van der Waals surface area (Å²) >= 11 is 0. The number of alkyl halides is 3. The molecule has 0 aromatic rings. The molecule has 0 N–H and O–H groups in total. The van der Waals surface area contributed by atoms with Gasteiger partial charge in [0.1, 0.15) is 0 Å². The lowest BCUT2D eigenvalue weighted by Crippen LogP contribution is -2.11. The summed E-state index contributed by atoms with van der Waals surface area (Å²) in [5.41, 5.74) is -0.824. The van der Waals surface area contributed by atoms with Crippen molar-refractivity contribution in [2.75, 3.05) is 0 Å². The van der Waals surface area contributed by atoms with E-state index in [1.807, 2.05) is 0 Å². The SMILES string of the molecule is C=C/C=C(\C=C/C)C(=C)C(F)(F)F. The van der Waals surface area contributed by atoms with Gasteiger partial charge in [-0.05, 0) is 12.5 Å². The minimum atomic E-state index is -4.38.